The van der Waals surface area contributed by atoms with Crippen molar-refractivity contribution in [2.75, 3.05) is 0 Å². The summed E-state index contributed by atoms with van der Waals surface area (Å²) < 4.78 is 0. The minimum Gasteiger partial charge on any atom is -0.508 e. The Bertz CT molecular complexity index is 1570. The molecule has 0 amide bonds. The van der Waals surface area contributed by atoms with Crippen LogP contribution in [0.25, 0.3) is 44.5 Å². The molecule has 7 heteroatoms. The van der Waals surface area contributed by atoms with Crippen molar-refractivity contribution in [1.29, 1.82) is 0 Å². The van der Waals surface area contributed by atoms with Gasteiger partial charge in [-0.2, -0.15) is 0 Å². The highest BCUT2D eigenvalue weighted by molar-refractivity contribution is 5.96. The maximum atomic E-state index is 12.8. The number of benzene rings is 3. The van der Waals surface area contributed by atoms with Crippen LogP contribution in [0.4, 0.5) is 0 Å². The maximum absolute atomic E-state index is 12.8. The first-order chi connectivity index (χ1) is 15.9. The van der Waals surface area contributed by atoms with Gasteiger partial charge in [0.2, 0.25) is 0 Å². The number of hydrogen-bond donors (Lipinski definition) is 4. The summed E-state index contributed by atoms with van der Waals surface area (Å²) in [5.41, 5.74) is 3.54. The number of aromatic hydroxyl groups is 3. The first-order valence-corrected chi connectivity index (χ1v) is 10.2. The SMILES string of the molecule is Cc1nc2nc(-c3ccc(-c4cc(O)ccc4O)cc3)cc(-c3ccccc3O)c2c(=O)[nH]1. The maximum Gasteiger partial charge on any atom is 0.261 e. The van der Waals surface area contributed by atoms with Gasteiger partial charge in [-0.15, -0.1) is 0 Å². The minimum absolute atomic E-state index is 0.0469. The van der Waals surface area contributed by atoms with Crippen LogP contribution in [0.1, 0.15) is 5.82 Å². The zero-order valence-corrected chi connectivity index (χ0v) is 17.6. The first-order valence-electron chi connectivity index (χ1n) is 10.2. The summed E-state index contributed by atoms with van der Waals surface area (Å²) in [7, 11) is 0. The Kier molecular flexibility index (Phi) is 4.79. The van der Waals surface area contributed by atoms with Crippen molar-refractivity contribution in [3.8, 4) is 50.8 Å². The number of aromatic nitrogens is 3. The molecule has 2 heterocycles. The number of nitrogens with one attached hydrogen (secondary N) is 1. The van der Waals surface area contributed by atoms with Gasteiger partial charge in [0, 0.05) is 22.3 Å². The Balaban J connectivity index is 1.70. The third-order valence-corrected chi connectivity index (χ3v) is 5.46. The molecule has 0 atom stereocenters. The lowest BCUT2D eigenvalue weighted by Crippen LogP contribution is -2.12. The van der Waals surface area contributed by atoms with E-state index in [1.165, 1.54) is 18.2 Å². The second kappa shape index (κ2) is 7.80. The van der Waals surface area contributed by atoms with Crippen molar-refractivity contribution in [2.45, 2.75) is 6.92 Å². The smallest absolute Gasteiger partial charge is 0.261 e. The molecule has 0 spiro atoms. The molecule has 0 aliphatic heterocycles. The van der Waals surface area contributed by atoms with E-state index in [4.69, 9.17) is 0 Å². The molecule has 0 radical (unpaired) electrons. The summed E-state index contributed by atoms with van der Waals surface area (Å²) in [5, 5.41) is 30.6. The number of aryl methyl sites for hydroxylation is 1. The predicted molar refractivity (Wildman–Crippen MR) is 126 cm³/mol. The van der Waals surface area contributed by atoms with Crippen LogP contribution >= 0.6 is 0 Å². The average Bonchev–Trinajstić information content (AvgIpc) is 2.80. The van der Waals surface area contributed by atoms with Crippen LogP contribution in [-0.2, 0) is 0 Å². The van der Waals surface area contributed by atoms with Crippen molar-refractivity contribution < 1.29 is 15.3 Å². The first kappa shape index (κ1) is 20.3. The summed E-state index contributed by atoms with van der Waals surface area (Å²) in [5.74, 6) is 0.605. The van der Waals surface area contributed by atoms with Gasteiger partial charge >= 0.3 is 0 Å². The monoisotopic (exact) mass is 437 g/mol. The van der Waals surface area contributed by atoms with Crippen LogP contribution < -0.4 is 5.56 Å². The van der Waals surface area contributed by atoms with Crippen molar-refractivity contribution >= 4 is 11.0 Å². The highest BCUT2D eigenvalue weighted by Crippen LogP contribution is 2.36. The van der Waals surface area contributed by atoms with Gasteiger partial charge in [-0.1, -0.05) is 42.5 Å². The summed E-state index contributed by atoms with van der Waals surface area (Å²) in [6.07, 6.45) is 0. The fourth-order valence-corrected chi connectivity index (χ4v) is 3.89. The number of H-pyrrole nitrogens is 1. The van der Waals surface area contributed by atoms with Gasteiger partial charge < -0.3 is 20.3 Å². The Morgan fingerprint density at radius 1 is 0.727 bits per heavy atom. The normalized spacial score (nSPS) is 11.1. The molecule has 0 saturated heterocycles. The van der Waals surface area contributed by atoms with Gasteiger partial charge in [-0.3, -0.25) is 4.79 Å². The molecular weight excluding hydrogens is 418 g/mol. The summed E-state index contributed by atoms with van der Waals surface area (Å²) in [6, 6.07) is 20.2. The zero-order valence-electron chi connectivity index (χ0n) is 17.6. The van der Waals surface area contributed by atoms with Crippen LogP contribution in [0, 0.1) is 6.92 Å². The van der Waals surface area contributed by atoms with Crippen LogP contribution in [-0.4, -0.2) is 30.3 Å². The fourth-order valence-electron chi connectivity index (χ4n) is 3.89. The van der Waals surface area contributed by atoms with Gasteiger partial charge in [0.25, 0.3) is 5.56 Å². The van der Waals surface area contributed by atoms with E-state index in [1.54, 1.807) is 37.3 Å². The van der Waals surface area contributed by atoms with Gasteiger partial charge in [-0.05, 0) is 42.8 Å². The van der Waals surface area contributed by atoms with Gasteiger partial charge in [-0.25, -0.2) is 9.97 Å². The number of aromatic amines is 1. The number of phenolic OH excluding ortho intramolecular Hbond substituents is 3. The lowest BCUT2D eigenvalue weighted by Gasteiger charge is -2.12. The van der Waals surface area contributed by atoms with E-state index in [9.17, 15) is 20.1 Å². The molecule has 33 heavy (non-hydrogen) atoms. The van der Waals surface area contributed by atoms with E-state index < -0.39 is 0 Å². The molecule has 2 aromatic heterocycles. The van der Waals surface area contributed by atoms with E-state index in [1.807, 2.05) is 24.3 Å². The lowest BCUT2D eigenvalue weighted by atomic mass is 9.98. The van der Waals surface area contributed by atoms with Crippen molar-refractivity contribution in [2.24, 2.45) is 0 Å². The Hall–Kier alpha value is -4.65. The number of para-hydroxylation sites is 1. The predicted octanol–water partition coefficient (Wildman–Crippen LogP) is 4.74. The van der Waals surface area contributed by atoms with Gasteiger partial charge in [0.1, 0.15) is 23.1 Å². The van der Waals surface area contributed by atoms with E-state index in [0.29, 0.717) is 33.6 Å². The van der Waals surface area contributed by atoms with Crippen LogP contribution in [0.15, 0.2) is 77.6 Å². The molecule has 162 valence electrons. The number of pyridine rings is 1. The van der Waals surface area contributed by atoms with Crippen LogP contribution in [0.2, 0.25) is 0 Å². The molecule has 0 fully saturated rings. The third-order valence-electron chi connectivity index (χ3n) is 5.46. The second-order valence-corrected chi connectivity index (χ2v) is 7.70. The Morgan fingerprint density at radius 3 is 2.18 bits per heavy atom. The second-order valence-electron chi connectivity index (χ2n) is 7.70. The van der Waals surface area contributed by atoms with E-state index in [-0.39, 0.29) is 28.5 Å². The largest absolute Gasteiger partial charge is 0.508 e. The number of rotatable bonds is 3. The molecule has 0 bridgehead atoms. The van der Waals surface area contributed by atoms with Gasteiger partial charge in [0.05, 0.1) is 11.1 Å². The quantitative estimate of drug-likeness (QED) is 0.303. The Morgan fingerprint density at radius 2 is 1.42 bits per heavy atom. The molecule has 0 aliphatic rings. The third kappa shape index (κ3) is 3.65. The highest BCUT2D eigenvalue weighted by Gasteiger charge is 2.16. The highest BCUT2D eigenvalue weighted by atomic mass is 16.3. The summed E-state index contributed by atoms with van der Waals surface area (Å²) in [6.45, 7) is 1.69. The topological polar surface area (TPSA) is 119 Å². The lowest BCUT2D eigenvalue weighted by molar-refractivity contribution is 0.462. The summed E-state index contributed by atoms with van der Waals surface area (Å²) >= 11 is 0. The molecule has 4 N–H and O–H groups in total. The Labute approximate surface area is 188 Å². The van der Waals surface area contributed by atoms with Crippen LogP contribution in [0.5, 0.6) is 17.2 Å². The average molecular weight is 437 g/mol. The molecule has 5 aromatic rings. The molecular formula is C26H19N3O4. The van der Waals surface area contributed by atoms with Crippen molar-refractivity contribution in [3.05, 3.63) is 89.0 Å². The number of fused-ring (bicyclic) bond motifs is 1. The molecule has 5 rings (SSSR count). The van der Waals surface area contributed by atoms with Crippen molar-refractivity contribution in [3.63, 3.8) is 0 Å². The molecule has 0 aliphatic carbocycles. The van der Waals surface area contributed by atoms with Crippen LogP contribution in [0.3, 0.4) is 0 Å². The fraction of sp³-hybridized carbons (Fsp3) is 0.0385. The number of hydrogen-bond acceptors (Lipinski definition) is 6. The standard InChI is InChI=1S/C26H19N3O4/c1-14-27-25-24(26(33)28-14)20(18-4-2-3-5-22(18)31)13-21(29-25)16-8-6-15(7-9-16)19-12-17(30)10-11-23(19)32/h2-13,30-32H,1H3,(H,27,28,29,33). The number of nitrogens with zero attached hydrogens (tertiary/aromatic N) is 2. The van der Waals surface area contributed by atoms with Gasteiger partial charge in [0.15, 0.2) is 5.65 Å². The molecule has 7 nitrogen and oxygen atoms in total. The number of phenols is 3. The minimum atomic E-state index is -0.329. The van der Waals surface area contributed by atoms with E-state index in [0.717, 1.165) is 11.1 Å². The molecule has 0 saturated carbocycles. The molecule has 3 aromatic carbocycles. The zero-order chi connectivity index (χ0) is 23.1. The van der Waals surface area contributed by atoms with E-state index >= 15 is 0 Å². The van der Waals surface area contributed by atoms with E-state index in [2.05, 4.69) is 15.0 Å². The summed E-state index contributed by atoms with van der Waals surface area (Å²) in [4.78, 5) is 24.5. The van der Waals surface area contributed by atoms with Crippen molar-refractivity contribution in [1.82, 2.24) is 15.0 Å². The molecule has 0 unspecified atom stereocenters.